The minimum Gasteiger partial charge on any atom is -0.369 e. The number of aromatic nitrogens is 6. The lowest BCUT2D eigenvalue weighted by Gasteiger charge is -2.24. The molecule has 0 saturated heterocycles. The molecule has 0 bridgehead atoms. The number of nitrogens with zero attached hydrogens (tertiary/aromatic N) is 5. The van der Waals surface area contributed by atoms with Crippen LogP contribution in [0.15, 0.2) is 18.7 Å². The molecule has 4 rings (SSSR count). The number of hydrogen-bond donors (Lipinski definition) is 2. The van der Waals surface area contributed by atoms with E-state index in [1.165, 1.54) is 6.33 Å². The third-order valence-electron chi connectivity index (χ3n) is 4.19. The maximum absolute atomic E-state index is 12.7. The van der Waals surface area contributed by atoms with Crippen molar-refractivity contribution in [1.82, 2.24) is 29.7 Å². The van der Waals surface area contributed by atoms with E-state index < -0.39 is 11.9 Å². The quantitative estimate of drug-likeness (QED) is 0.766. The van der Waals surface area contributed by atoms with Crippen LogP contribution in [0.3, 0.4) is 0 Å². The first-order valence-electron chi connectivity index (χ1n) is 7.52. The van der Waals surface area contributed by atoms with E-state index in [4.69, 9.17) is 0 Å². The Bertz CT molecular complexity index is 867. The lowest BCUT2D eigenvalue weighted by atomic mass is 9.99. The fourth-order valence-electron chi connectivity index (χ4n) is 2.96. The first-order valence-corrected chi connectivity index (χ1v) is 7.52. The predicted octanol–water partition coefficient (Wildman–Crippen LogP) is 2.24. The van der Waals surface area contributed by atoms with Crippen LogP contribution in [0.25, 0.3) is 11.0 Å². The number of aromatic amines is 1. The van der Waals surface area contributed by atoms with E-state index in [0.717, 1.165) is 18.0 Å². The van der Waals surface area contributed by atoms with E-state index in [2.05, 4.69) is 30.5 Å². The molecule has 2 N–H and O–H groups in total. The molecule has 4 heterocycles. The van der Waals surface area contributed by atoms with E-state index in [-0.39, 0.29) is 5.92 Å². The summed E-state index contributed by atoms with van der Waals surface area (Å²) < 4.78 is 39.8. The Labute approximate surface area is 134 Å². The summed E-state index contributed by atoms with van der Waals surface area (Å²) in [5.74, 6) is 1.36. The average Bonchev–Trinajstić information content (AvgIpc) is 3.18. The summed E-state index contributed by atoms with van der Waals surface area (Å²) in [5.41, 5.74) is -0.176. The molecule has 3 aromatic heterocycles. The van der Waals surface area contributed by atoms with Gasteiger partial charge in [0.1, 0.15) is 18.0 Å². The Morgan fingerprint density at radius 2 is 2.21 bits per heavy atom. The molecule has 0 radical (unpaired) electrons. The van der Waals surface area contributed by atoms with Gasteiger partial charge in [-0.2, -0.15) is 18.3 Å². The van der Waals surface area contributed by atoms with E-state index >= 15 is 0 Å². The van der Waals surface area contributed by atoms with Crippen LogP contribution < -0.4 is 5.32 Å². The summed E-state index contributed by atoms with van der Waals surface area (Å²) in [7, 11) is 0. The second-order valence-corrected chi connectivity index (χ2v) is 5.83. The Balaban J connectivity index is 1.46. The van der Waals surface area contributed by atoms with Gasteiger partial charge in [0.2, 0.25) is 0 Å². The van der Waals surface area contributed by atoms with Crippen molar-refractivity contribution in [2.24, 2.45) is 5.92 Å². The molecule has 0 fully saturated rings. The molecule has 1 aliphatic heterocycles. The molecule has 10 heteroatoms. The van der Waals surface area contributed by atoms with Gasteiger partial charge in [0.05, 0.1) is 11.6 Å². The zero-order chi connectivity index (χ0) is 16.7. The minimum absolute atomic E-state index is 0.199. The topological polar surface area (TPSA) is 84.3 Å². The highest BCUT2D eigenvalue weighted by atomic mass is 19.4. The van der Waals surface area contributed by atoms with Crippen molar-refractivity contribution in [3.8, 4) is 0 Å². The molecule has 24 heavy (non-hydrogen) atoms. The van der Waals surface area contributed by atoms with E-state index in [1.807, 2.05) is 0 Å². The lowest BCUT2D eigenvalue weighted by Crippen LogP contribution is -2.26. The number of alkyl halides is 3. The standard InChI is InChI=1S/C14H14F3N7/c15-14(16,17)10-6-24-5-8(1-2-11(24)22-10)3-18-12-9-4-21-23-13(9)20-7-19-12/h4,6-8H,1-3,5H2,(H2,18,19,20,21,23)/t8-/m0/s1. The van der Waals surface area contributed by atoms with Crippen LogP contribution in [0, 0.1) is 5.92 Å². The maximum Gasteiger partial charge on any atom is 0.434 e. The van der Waals surface area contributed by atoms with Crippen molar-refractivity contribution in [2.75, 3.05) is 11.9 Å². The highest BCUT2D eigenvalue weighted by Crippen LogP contribution is 2.30. The number of nitrogens with one attached hydrogen (secondary N) is 2. The van der Waals surface area contributed by atoms with Crippen molar-refractivity contribution < 1.29 is 13.2 Å². The Kier molecular flexibility index (Phi) is 3.39. The number of aryl methyl sites for hydroxylation is 1. The molecule has 0 aliphatic carbocycles. The van der Waals surface area contributed by atoms with Crippen molar-refractivity contribution in [1.29, 1.82) is 0 Å². The monoisotopic (exact) mass is 337 g/mol. The molecule has 3 aromatic rings. The summed E-state index contributed by atoms with van der Waals surface area (Å²) >= 11 is 0. The fraction of sp³-hybridized carbons (Fsp3) is 0.429. The van der Waals surface area contributed by atoms with Crippen LogP contribution in [0.2, 0.25) is 0 Å². The number of fused-ring (bicyclic) bond motifs is 2. The normalized spacial score (nSPS) is 17.9. The van der Waals surface area contributed by atoms with Gasteiger partial charge in [0.15, 0.2) is 11.3 Å². The Morgan fingerprint density at radius 3 is 3.04 bits per heavy atom. The van der Waals surface area contributed by atoms with Gasteiger partial charge in [-0.3, -0.25) is 5.10 Å². The molecule has 0 saturated carbocycles. The van der Waals surface area contributed by atoms with Crippen molar-refractivity contribution in [2.45, 2.75) is 25.6 Å². The number of anilines is 1. The third kappa shape index (κ3) is 2.68. The van der Waals surface area contributed by atoms with Crippen LogP contribution in [-0.2, 0) is 19.1 Å². The zero-order valence-electron chi connectivity index (χ0n) is 12.5. The first kappa shape index (κ1) is 14.9. The third-order valence-corrected chi connectivity index (χ3v) is 4.19. The summed E-state index contributed by atoms with van der Waals surface area (Å²) in [5, 5.41) is 10.7. The molecule has 0 amide bonds. The Hall–Kier alpha value is -2.65. The summed E-state index contributed by atoms with van der Waals surface area (Å²) in [4.78, 5) is 12.0. The Morgan fingerprint density at radius 1 is 1.33 bits per heavy atom. The maximum atomic E-state index is 12.7. The zero-order valence-corrected chi connectivity index (χ0v) is 12.5. The number of rotatable bonds is 3. The van der Waals surface area contributed by atoms with E-state index in [9.17, 15) is 13.2 Å². The molecule has 7 nitrogen and oxygen atoms in total. The highest BCUT2D eigenvalue weighted by Gasteiger charge is 2.35. The fourth-order valence-corrected chi connectivity index (χ4v) is 2.96. The van der Waals surface area contributed by atoms with Gasteiger partial charge >= 0.3 is 6.18 Å². The molecule has 0 unspecified atom stereocenters. The number of hydrogen-bond acceptors (Lipinski definition) is 5. The van der Waals surface area contributed by atoms with Crippen molar-refractivity contribution in [3.63, 3.8) is 0 Å². The van der Waals surface area contributed by atoms with Gasteiger partial charge in [-0.1, -0.05) is 0 Å². The smallest absolute Gasteiger partial charge is 0.369 e. The molecule has 0 spiro atoms. The van der Waals surface area contributed by atoms with Gasteiger partial charge < -0.3 is 9.88 Å². The first-order chi connectivity index (χ1) is 11.5. The summed E-state index contributed by atoms with van der Waals surface area (Å²) in [6, 6.07) is 0. The van der Waals surface area contributed by atoms with Gasteiger partial charge in [-0.15, -0.1) is 0 Å². The highest BCUT2D eigenvalue weighted by molar-refractivity contribution is 5.85. The van der Waals surface area contributed by atoms with Gasteiger partial charge in [-0.25, -0.2) is 15.0 Å². The predicted molar refractivity (Wildman–Crippen MR) is 79.2 cm³/mol. The van der Waals surface area contributed by atoms with Crippen LogP contribution >= 0.6 is 0 Å². The van der Waals surface area contributed by atoms with Gasteiger partial charge in [0, 0.05) is 25.7 Å². The van der Waals surface area contributed by atoms with Crippen molar-refractivity contribution >= 4 is 16.9 Å². The largest absolute Gasteiger partial charge is 0.434 e. The molecular formula is C14H14F3N7. The van der Waals surface area contributed by atoms with Crippen LogP contribution in [0.5, 0.6) is 0 Å². The average molecular weight is 337 g/mol. The molecule has 1 atom stereocenters. The lowest BCUT2D eigenvalue weighted by molar-refractivity contribution is -0.141. The summed E-state index contributed by atoms with van der Waals surface area (Å²) in [6.45, 7) is 1.11. The second-order valence-electron chi connectivity index (χ2n) is 5.83. The minimum atomic E-state index is -4.40. The van der Waals surface area contributed by atoms with Crippen LogP contribution in [0.1, 0.15) is 17.9 Å². The molecule has 1 aliphatic rings. The molecule has 126 valence electrons. The number of imidazole rings is 1. The molecule has 0 aromatic carbocycles. The van der Waals surface area contributed by atoms with Gasteiger partial charge in [-0.05, 0) is 12.3 Å². The van der Waals surface area contributed by atoms with E-state index in [1.54, 1.807) is 10.8 Å². The van der Waals surface area contributed by atoms with Crippen LogP contribution in [-0.4, -0.2) is 36.3 Å². The van der Waals surface area contributed by atoms with Gasteiger partial charge in [0.25, 0.3) is 0 Å². The van der Waals surface area contributed by atoms with Crippen molar-refractivity contribution in [3.05, 3.63) is 30.2 Å². The second kappa shape index (κ2) is 5.46. The number of halogens is 3. The summed E-state index contributed by atoms with van der Waals surface area (Å²) in [6.07, 6.45) is 1.09. The SMILES string of the molecule is FC(F)(F)c1cn2c(n1)CC[C@@H](CNc1ncnc3[nH]ncc13)C2. The van der Waals surface area contributed by atoms with E-state index in [0.29, 0.717) is 36.8 Å². The van der Waals surface area contributed by atoms with Crippen LogP contribution in [0.4, 0.5) is 19.0 Å². The number of H-pyrrole nitrogens is 1. The molecular weight excluding hydrogens is 323 g/mol.